The van der Waals surface area contributed by atoms with Gasteiger partial charge in [-0.3, -0.25) is 0 Å². The van der Waals surface area contributed by atoms with Crippen LogP contribution < -0.4 is 0 Å². The van der Waals surface area contributed by atoms with Crippen molar-refractivity contribution in [1.82, 2.24) is 0 Å². The number of rotatable bonds is 4. The topological polar surface area (TPSA) is 13.1 Å². The first-order valence-electron chi connectivity index (χ1n) is 10.3. The summed E-state index contributed by atoms with van der Waals surface area (Å²) >= 11 is 0. The van der Waals surface area contributed by atoms with E-state index in [2.05, 4.69) is 101 Å². The van der Waals surface area contributed by atoms with Crippen molar-refractivity contribution in [3.05, 3.63) is 94.5 Å². The van der Waals surface area contributed by atoms with E-state index in [0.29, 0.717) is 0 Å². The maximum atomic E-state index is 6.61. The first kappa shape index (κ1) is 19.3. The average Bonchev–Trinajstić information content (AvgIpc) is 3.10. The van der Waals surface area contributed by atoms with Crippen molar-refractivity contribution in [2.75, 3.05) is 0 Å². The molecule has 0 aliphatic heterocycles. The van der Waals surface area contributed by atoms with Gasteiger partial charge in [-0.1, -0.05) is 84.8 Å². The van der Waals surface area contributed by atoms with E-state index < -0.39 is 0 Å². The summed E-state index contributed by atoms with van der Waals surface area (Å²) in [6.45, 7) is 10.8. The molecule has 0 saturated carbocycles. The normalized spacial score (nSPS) is 11.1. The zero-order valence-corrected chi connectivity index (χ0v) is 18.0. The number of benzene rings is 3. The second-order valence-corrected chi connectivity index (χ2v) is 8.00. The van der Waals surface area contributed by atoms with E-state index in [1.54, 1.807) is 0 Å². The van der Waals surface area contributed by atoms with E-state index in [1.165, 1.54) is 38.9 Å². The molecule has 146 valence electrons. The predicted octanol–water partition coefficient (Wildman–Crippen LogP) is 8.08. The van der Waals surface area contributed by atoms with Crippen LogP contribution in [-0.2, 0) is 6.42 Å². The predicted molar refractivity (Wildman–Crippen MR) is 123 cm³/mol. The van der Waals surface area contributed by atoms with Gasteiger partial charge in [0.05, 0.1) is 0 Å². The second-order valence-electron chi connectivity index (χ2n) is 8.00. The van der Waals surface area contributed by atoms with Crippen LogP contribution in [0, 0.1) is 27.7 Å². The number of furan rings is 1. The highest BCUT2D eigenvalue weighted by molar-refractivity contribution is 5.88. The molecule has 29 heavy (non-hydrogen) atoms. The van der Waals surface area contributed by atoms with Crippen molar-refractivity contribution in [3.63, 3.8) is 0 Å². The van der Waals surface area contributed by atoms with Gasteiger partial charge in [0.1, 0.15) is 11.5 Å². The lowest BCUT2D eigenvalue weighted by Gasteiger charge is -2.09. The molecule has 1 aromatic heterocycles. The van der Waals surface area contributed by atoms with Gasteiger partial charge < -0.3 is 4.42 Å². The van der Waals surface area contributed by atoms with Gasteiger partial charge in [-0.15, -0.1) is 0 Å². The van der Waals surface area contributed by atoms with Crippen LogP contribution in [0.25, 0.3) is 33.8 Å². The molecule has 4 aromatic rings. The van der Waals surface area contributed by atoms with Crippen LogP contribution in [-0.4, -0.2) is 0 Å². The van der Waals surface area contributed by atoms with E-state index in [9.17, 15) is 0 Å². The zero-order valence-electron chi connectivity index (χ0n) is 18.0. The molecule has 0 atom stereocenters. The Balaban J connectivity index is 2.01. The van der Waals surface area contributed by atoms with Crippen molar-refractivity contribution >= 4 is 0 Å². The van der Waals surface area contributed by atoms with Gasteiger partial charge in [-0.05, 0) is 50.8 Å². The molecule has 3 aromatic carbocycles. The van der Waals surface area contributed by atoms with Crippen LogP contribution >= 0.6 is 0 Å². The molecule has 1 nitrogen and oxygen atoms in total. The molecule has 0 spiro atoms. The van der Waals surface area contributed by atoms with Crippen molar-refractivity contribution < 1.29 is 4.42 Å². The lowest BCUT2D eigenvalue weighted by Crippen LogP contribution is -1.90. The highest BCUT2D eigenvalue weighted by atomic mass is 16.3. The third kappa shape index (κ3) is 3.65. The van der Waals surface area contributed by atoms with Crippen LogP contribution in [0.4, 0.5) is 0 Å². The highest BCUT2D eigenvalue weighted by Crippen LogP contribution is 2.44. The Bertz CT molecular complexity index is 1140. The maximum Gasteiger partial charge on any atom is 0.142 e. The van der Waals surface area contributed by atoms with Gasteiger partial charge in [0.15, 0.2) is 0 Å². The van der Waals surface area contributed by atoms with E-state index in [-0.39, 0.29) is 0 Å². The minimum Gasteiger partial charge on any atom is -0.455 e. The molecule has 0 unspecified atom stereocenters. The largest absolute Gasteiger partial charge is 0.455 e. The van der Waals surface area contributed by atoms with E-state index in [1.807, 2.05) is 0 Å². The summed E-state index contributed by atoms with van der Waals surface area (Å²) in [4.78, 5) is 0. The third-order valence-corrected chi connectivity index (χ3v) is 5.78. The molecule has 0 fully saturated rings. The molecule has 1 heteroatoms. The first-order valence-corrected chi connectivity index (χ1v) is 10.3. The zero-order chi connectivity index (χ0) is 20.5. The maximum absolute atomic E-state index is 6.61. The van der Waals surface area contributed by atoms with Crippen LogP contribution in [0.5, 0.6) is 0 Å². The Kier molecular flexibility index (Phi) is 5.15. The quantitative estimate of drug-likeness (QED) is 0.349. The number of hydrogen-bond acceptors (Lipinski definition) is 1. The van der Waals surface area contributed by atoms with Crippen molar-refractivity contribution in [1.29, 1.82) is 0 Å². The standard InChI is InChI=1S/C28H28O/c1-6-25-26(24-16-11-20(4)21(5)17-24)28(23-14-9-19(3)10-15-23)29-27(25)22-12-7-18(2)8-13-22/h7-17H,6H2,1-5H3. The summed E-state index contributed by atoms with van der Waals surface area (Å²) < 4.78 is 6.61. The fourth-order valence-electron chi connectivity index (χ4n) is 3.85. The SMILES string of the molecule is CCc1c(-c2ccc(C)cc2)oc(-c2ccc(C)cc2)c1-c1ccc(C)c(C)c1. The second kappa shape index (κ2) is 7.75. The lowest BCUT2D eigenvalue weighted by molar-refractivity contribution is 0.595. The summed E-state index contributed by atoms with van der Waals surface area (Å²) in [6.07, 6.45) is 0.917. The summed E-state index contributed by atoms with van der Waals surface area (Å²) in [5.74, 6) is 1.94. The molecule has 0 aliphatic carbocycles. The Hall–Kier alpha value is -3.06. The summed E-state index contributed by atoms with van der Waals surface area (Å²) in [7, 11) is 0. The van der Waals surface area contributed by atoms with E-state index in [4.69, 9.17) is 4.42 Å². The van der Waals surface area contributed by atoms with Gasteiger partial charge >= 0.3 is 0 Å². The smallest absolute Gasteiger partial charge is 0.142 e. The van der Waals surface area contributed by atoms with Gasteiger partial charge in [0, 0.05) is 22.3 Å². The summed E-state index contributed by atoms with van der Waals surface area (Å²) in [5.41, 5.74) is 11.1. The molecule has 0 N–H and O–H groups in total. The summed E-state index contributed by atoms with van der Waals surface area (Å²) in [5, 5.41) is 0. The molecule has 0 saturated heterocycles. The van der Waals surface area contributed by atoms with E-state index in [0.717, 1.165) is 29.1 Å². The molecule has 0 bridgehead atoms. The van der Waals surface area contributed by atoms with Gasteiger partial charge in [0.25, 0.3) is 0 Å². The van der Waals surface area contributed by atoms with E-state index >= 15 is 0 Å². The summed E-state index contributed by atoms with van der Waals surface area (Å²) in [6, 6.07) is 24.0. The molecular formula is C28H28O. The molecular weight excluding hydrogens is 352 g/mol. The van der Waals surface area contributed by atoms with Crippen molar-refractivity contribution in [2.45, 2.75) is 41.0 Å². The molecule has 0 radical (unpaired) electrons. The molecule has 4 rings (SSSR count). The fraction of sp³-hybridized carbons (Fsp3) is 0.214. The average molecular weight is 381 g/mol. The van der Waals surface area contributed by atoms with Crippen LogP contribution in [0.15, 0.2) is 71.1 Å². The molecule has 0 aliphatic rings. The molecule has 1 heterocycles. The molecule has 0 amide bonds. The van der Waals surface area contributed by atoms with Crippen LogP contribution in [0.1, 0.15) is 34.7 Å². The fourth-order valence-corrected chi connectivity index (χ4v) is 3.85. The van der Waals surface area contributed by atoms with Gasteiger partial charge in [-0.2, -0.15) is 0 Å². The number of aryl methyl sites for hydroxylation is 4. The van der Waals surface area contributed by atoms with Gasteiger partial charge in [-0.25, -0.2) is 0 Å². The van der Waals surface area contributed by atoms with Gasteiger partial charge in [0.2, 0.25) is 0 Å². The Morgan fingerprint density at radius 1 is 0.586 bits per heavy atom. The highest BCUT2D eigenvalue weighted by Gasteiger charge is 2.23. The third-order valence-electron chi connectivity index (χ3n) is 5.78. The van der Waals surface area contributed by atoms with Crippen molar-refractivity contribution in [2.24, 2.45) is 0 Å². The first-order chi connectivity index (χ1) is 14.0. The van der Waals surface area contributed by atoms with Crippen molar-refractivity contribution in [3.8, 4) is 33.8 Å². The Labute approximate surface area is 174 Å². The minimum atomic E-state index is 0.917. The number of hydrogen-bond donors (Lipinski definition) is 0. The lowest BCUT2D eigenvalue weighted by atomic mass is 9.92. The Morgan fingerprint density at radius 2 is 1.10 bits per heavy atom. The van der Waals surface area contributed by atoms with Crippen LogP contribution in [0.3, 0.4) is 0 Å². The monoisotopic (exact) mass is 380 g/mol. The minimum absolute atomic E-state index is 0.917. The van der Waals surface area contributed by atoms with Crippen LogP contribution in [0.2, 0.25) is 0 Å². The Morgan fingerprint density at radius 3 is 1.62 bits per heavy atom.